The van der Waals surface area contributed by atoms with E-state index in [-0.39, 0.29) is 24.0 Å². The molecule has 0 amide bonds. The lowest BCUT2D eigenvalue weighted by Gasteiger charge is -2.15. The van der Waals surface area contributed by atoms with Crippen LogP contribution in [0.1, 0.15) is 24.0 Å². The Bertz CT molecular complexity index is 458. The quantitative estimate of drug-likeness (QED) is 0.300. The van der Waals surface area contributed by atoms with E-state index in [0.29, 0.717) is 6.61 Å². The van der Waals surface area contributed by atoms with E-state index in [9.17, 15) is 0 Å². The Morgan fingerprint density at radius 1 is 1.13 bits per heavy atom. The number of benzene rings is 1. The number of ether oxygens (including phenoxy) is 1. The van der Waals surface area contributed by atoms with Crippen LogP contribution in [0.2, 0.25) is 0 Å². The normalized spacial score (nSPS) is 15.3. The highest BCUT2D eigenvalue weighted by Gasteiger charge is 2.11. The van der Waals surface area contributed by atoms with Crippen molar-refractivity contribution >= 4 is 29.9 Å². The van der Waals surface area contributed by atoms with Crippen LogP contribution in [0.3, 0.4) is 0 Å². The molecule has 0 unspecified atom stereocenters. The van der Waals surface area contributed by atoms with Gasteiger partial charge >= 0.3 is 0 Å². The van der Waals surface area contributed by atoms with Crippen molar-refractivity contribution in [3.8, 4) is 0 Å². The van der Waals surface area contributed by atoms with Crippen molar-refractivity contribution in [2.24, 2.45) is 4.99 Å². The fourth-order valence-corrected chi connectivity index (χ4v) is 2.64. The summed E-state index contributed by atoms with van der Waals surface area (Å²) in [7, 11) is 3.48. The summed E-state index contributed by atoms with van der Waals surface area (Å²) >= 11 is 0. The zero-order chi connectivity index (χ0) is 15.6. The molecule has 0 saturated carbocycles. The van der Waals surface area contributed by atoms with Crippen LogP contribution in [0.15, 0.2) is 29.3 Å². The number of nitrogens with zero attached hydrogens (tertiary/aromatic N) is 2. The molecule has 0 spiro atoms. The molecule has 0 atom stereocenters. The maximum absolute atomic E-state index is 5.02. The zero-order valence-corrected chi connectivity index (χ0v) is 16.5. The molecule has 1 saturated heterocycles. The van der Waals surface area contributed by atoms with Gasteiger partial charge in [0, 0.05) is 33.8 Å². The number of methoxy groups -OCH3 is 1. The smallest absolute Gasteiger partial charge is 0.191 e. The minimum Gasteiger partial charge on any atom is -0.383 e. The standard InChI is InChI=1S/C17H28N4O.HI/c1-18-17(19-9-12-22-2)20-13-15-5-7-16(8-6-15)14-21-10-3-4-11-21;/h5-8H,3-4,9-14H2,1-2H3,(H2,18,19,20);1H. The third-order valence-corrected chi connectivity index (χ3v) is 3.91. The van der Waals surface area contributed by atoms with E-state index in [4.69, 9.17) is 4.74 Å². The van der Waals surface area contributed by atoms with Gasteiger partial charge in [-0.15, -0.1) is 24.0 Å². The summed E-state index contributed by atoms with van der Waals surface area (Å²) in [4.78, 5) is 6.72. The van der Waals surface area contributed by atoms with Crippen LogP contribution in [0, 0.1) is 0 Å². The van der Waals surface area contributed by atoms with E-state index in [1.165, 1.54) is 37.1 Å². The Morgan fingerprint density at radius 3 is 2.39 bits per heavy atom. The van der Waals surface area contributed by atoms with Gasteiger partial charge in [0.1, 0.15) is 0 Å². The molecule has 0 aliphatic carbocycles. The number of rotatable bonds is 7. The van der Waals surface area contributed by atoms with Crippen LogP contribution in [0.25, 0.3) is 0 Å². The highest BCUT2D eigenvalue weighted by atomic mass is 127. The van der Waals surface area contributed by atoms with Crippen molar-refractivity contribution in [1.29, 1.82) is 0 Å². The van der Waals surface area contributed by atoms with Gasteiger partial charge in [0.25, 0.3) is 0 Å². The van der Waals surface area contributed by atoms with Gasteiger partial charge in [-0.25, -0.2) is 0 Å². The van der Waals surface area contributed by atoms with E-state index < -0.39 is 0 Å². The minimum absolute atomic E-state index is 0. The van der Waals surface area contributed by atoms with Crippen LogP contribution in [-0.2, 0) is 17.8 Å². The van der Waals surface area contributed by atoms with E-state index in [2.05, 4.69) is 44.8 Å². The topological polar surface area (TPSA) is 48.9 Å². The lowest BCUT2D eigenvalue weighted by Crippen LogP contribution is -2.38. The lowest BCUT2D eigenvalue weighted by atomic mass is 10.1. The van der Waals surface area contributed by atoms with Gasteiger partial charge in [-0.05, 0) is 37.1 Å². The second-order valence-corrected chi connectivity index (χ2v) is 5.65. The molecular weight excluding hydrogens is 403 g/mol. The van der Waals surface area contributed by atoms with Gasteiger partial charge in [0.2, 0.25) is 0 Å². The first-order valence-corrected chi connectivity index (χ1v) is 8.05. The number of guanidine groups is 1. The predicted octanol–water partition coefficient (Wildman–Crippen LogP) is 2.21. The number of hydrogen-bond acceptors (Lipinski definition) is 3. The summed E-state index contributed by atoms with van der Waals surface area (Å²) in [5, 5.41) is 6.52. The van der Waals surface area contributed by atoms with Crippen molar-refractivity contribution < 1.29 is 4.74 Å². The average Bonchev–Trinajstić information content (AvgIpc) is 3.05. The van der Waals surface area contributed by atoms with Crippen molar-refractivity contribution in [3.05, 3.63) is 35.4 Å². The van der Waals surface area contributed by atoms with Gasteiger partial charge in [-0.1, -0.05) is 24.3 Å². The maximum Gasteiger partial charge on any atom is 0.191 e. The molecule has 1 aliphatic heterocycles. The zero-order valence-electron chi connectivity index (χ0n) is 14.2. The van der Waals surface area contributed by atoms with Gasteiger partial charge in [0.15, 0.2) is 5.96 Å². The molecule has 1 heterocycles. The Kier molecular flexibility index (Phi) is 10.2. The van der Waals surface area contributed by atoms with Crippen LogP contribution < -0.4 is 10.6 Å². The highest BCUT2D eigenvalue weighted by molar-refractivity contribution is 14.0. The summed E-state index contributed by atoms with van der Waals surface area (Å²) in [6.07, 6.45) is 2.69. The first-order chi connectivity index (χ1) is 10.8. The SMILES string of the molecule is CN=C(NCCOC)NCc1ccc(CN2CCCC2)cc1.I. The molecule has 6 heteroatoms. The summed E-state index contributed by atoms with van der Waals surface area (Å²) < 4.78 is 5.02. The molecule has 2 N–H and O–H groups in total. The summed E-state index contributed by atoms with van der Waals surface area (Å²) in [5.74, 6) is 0.804. The molecular formula is C17H29IN4O. The number of hydrogen-bond donors (Lipinski definition) is 2. The second-order valence-electron chi connectivity index (χ2n) is 5.65. The van der Waals surface area contributed by atoms with Crippen molar-refractivity contribution in [1.82, 2.24) is 15.5 Å². The Balaban J connectivity index is 0.00000264. The van der Waals surface area contributed by atoms with E-state index >= 15 is 0 Å². The second kappa shape index (κ2) is 11.6. The molecule has 1 fully saturated rings. The molecule has 1 aromatic rings. The number of aliphatic imine (C=N–C) groups is 1. The highest BCUT2D eigenvalue weighted by Crippen LogP contribution is 2.13. The molecule has 23 heavy (non-hydrogen) atoms. The van der Waals surface area contributed by atoms with Crippen LogP contribution in [0.4, 0.5) is 0 Å². The molecule has 0 bridgehead atoms. The van der Waals surface area contributed by atoms with Crippen LogP contribution >= 0.6 is 24.0 Å². The monoisotopic (exact) mass is 432 g/mol. The van der Waals surface area contributed by atoms with Crippen molar-refractivity contribution in [3.63, 3.8) is 0 Å². The molecule has 0 radical (unpaired) electrons. The first-order valence-electron chi connectivity index (χ1n) is 8.05. The van der Waals surface area contributed by atoms with E-state index in [0.717, 1.165) is 25.6 Å². The number of halogens is 1. The Morgan fingerprint density at radius 2 is 1.78 bits per heavy atom. The van der Waals surface area contributed by atoms with Gasteiger partial charge in [-0.2, -0.15) is 0 Å². The molecule has 2 rings (SSSR count). The van der Waals surface area contributed by atoms with Crippen molar-refractivity contribution in [2.75, 3.05) is 40.4 Å². The summed E-state index contributed by atoms with van der Waals surface area (Å²) in [6, 6.07) is 8.86. The maximum atomic E-state index is 5.02. The van der Waals surface area contributed by atoms with Crippen LogP contribution in [0.5, 0.6) is 0 Å². The average molecular weight is 432 g/mol. The Hall–Kier alpha value is -0.860. The van der Waals surface area contributed by atoms with E-state index in [1.807, 2.05) is 0 Å². The fourth-order valence-electron chi connectivity index (χ4n) is 2.64. The van der Waals surface area contributed by atoms with Gasteiger partial charge < -0.3 is 15.4 Å². The first kappa shape index (κ1) is 20.2. The number of nitrogens with one attached hydrogen (secondary N) is 2. The lowest BCUT2D eigenvalue weighted by molar-refractivity contribution is 0.203. The van der Waals surface area contributed by atoms with Gasteiger partial charge in [-0.3, -0.25) is 9.89 Å². The van der Waals surface area contributed by atoms with E-state index in [1.54, 1.807) is 14.2 Å². The summed E-state index contributed by atoms with van der Waals surface area (Å²) in [6.45, 7) is 5.76. The molecule has 1 aliphatic rings. The summed E-state index contributed by atoms with van der Waals surface area (Å²) in [5.41, 5.74) is 2.66. The molecule has 1 aromatic carbocycles. The fraction of sp³-hybridized carbons (Fsp3) is 0.588. The van der Waals surface area contributed by atoms with Gasteiger partial charge in [0.05, 0.1) is 6.61 Å². The third-order valence-electron chi connectivity index (χ3n) is 3.91. The molecule has 0 aromatic heterocycles. The predicted molar refractivity (Wildman–Crippen MR) is 106 cm³/mol. The number of likely N-dealkylation sites (tertiary alicyclic amines) is 1. The Labute approximate surface area is 156 Å². The molecule has 130 valence electrons. The third kappa shape index (κ3) is 7.50. The minimum atomic E-state index is 0. The molecule has 5 nitrogen and oxygen atoms in total. The largest absolute Gasteiger partial charge is 0.383 e. The van der Waals surface area contributed by atoms with Crippen molar-refractivity contribution in [2.45, 2.75) is 25.9 Å². The van der Waals surface area contributed by atoms with Crippen LogP contribution in [-0.4, -0.2) is 51.3 Å².